The van der Waals surface area contributed by atoms with Crippen molar-refractivity contribution >= 4 is 17.3 Å². The number of hydrogen-bond acceptors (Lipinski definition) is 3. The monoisotopic (exact) mass is 262 g/mol. The highest BCUT2D eigenvalue weighted by Crippen LogP contribution is 2.19. The summed E-state index contributed by atoms with van der Waals surface area (Å²) < 4.78 is 5.07. The number of aromatic nitrogens is 1. The van der Waals surface area contributed by atoms with E-state index in [2.05, 4.69) is 34.6 Å². The third-order valence-electron chi connectivity index (χ3n) is 2.59. The zero-order valence-corrected chi connectivity index (χ0v) is 10.9. The van der Waals surface area contributed by atoms with Crippen molar-refractivity contribution < 1.29 is 4.74 Å². The predicted octanol–water partition coefficient (Wildman–Crippen LogP) is 3.49. The third kappa shape index (κ3) is 3.45. The number of pyridine rings is 1. The molecule has 94 valence electrons. The molecular weight excluding hydrogens is 248 g/mol. The van der Waals surface area contributed by atoms with Crippen LogP contribution in [-0.2, 0) is 17.9 Å². The number of hydrogen-bond donors (Lipinski definition) is 1. The number of nitrogens with zero attached hydrogens (tertiary/aromatic N) is 1. The Labute approximate surface area is 112 Å². The number of rotatable bonds is 5. The van der Waals surface area contributed by atoms with E-state index in [1.54, 1.807) is 19.5 Å². The lowest BCUT2D eigenvalue weighted by Gasteiger charge is -2.08. The maximum absolute atomic E-state index is 6.02. The number of benzene rings is 1. The van der Waals surface area contributed by atoms with Crippen molar-refractivity contribution in [1.29, 1.82) is 0 Å². The van der Waals surface area contributed by atoms with Crippen molar-refractivity contribution in [2.45, 2.75) is 13.2 Å². The molecule has 0 saturated carbocycles. The molecule has 0 spiro atoms. The highest BCUT2D eigenvalue weighted by Gasteiger charge is 1.99. The van der Waals surface area contributed by atoms with Crippen LogP contribution in [0.3, 0.4) is 0 Å². The summed E-state index contributed by atoms with van der Waals surface area (Å²) in [6.45, 7) is 1.38. The van der Waals surface area contributed by atoms with E-state index in [1.165, 1.54) is 11.1 Å². The molecule has 1 heterocycles. The minimum Gasteiger partial charge on any atom is -0.380 e. The van der Waals surface area contributed by atoms with E-state index in [0.717, 1.165) is 12.2 Å². The van der Waals surface area contributed by atoms with E-state index < -0.39 is 0 Å². The number of anilines is 1. The van der Waals surface area contributed by atoms with Crippen LogP contribution in [0.1, 0.15) is 11.1 Å². The Balaban J connectivity index is 1.96. The molecule has 0 saturated heterocycles. The van der Waals surface area contributed by atoms with Gasteiger partial charge in [0.2, 0.25) is 0 Å². The summed E-state index contributed by atoms with van der Waals surface area (Å²) in [7, 11) is 1.70. The van der Waals surface area contributed by atoms with Crippen LogP contribution in [0.5, 0.6) is 0 Å². The van der Waals surface area contributed by atoms with Gasteiger partial charge in [0, 0.05) is 26.0 Å². The van der Waals surface area contributed by atoms with Crippen molar-refractivity contribution in [3.8, 4) is 0 Å². The van der Waals surface area contributed by atoms with Crippen LogP contribution in [-0.4, -0.2) is 12.1 Å². The molecule has 0 unspecified atom stereocenters. The van der Waals surface area contributed by atoms with Gasteiger partial charge in [-0.25, -0.2) is 0 Å². The van der Waals surface area contributed by atoms with Crippen molar-refractivity contribution in [3.05, 3.63) is 58.9 Å². The first kappa shape index (κ1) is 12.9. The zero-order chi connectivity index (χ0) is 12.8. The van der Waals surface area contributed by atoms with Gasteiger partial charge in [0.05, 0.1) is 17.3 Å². The van der Waals surface area contributed by atoms with E-state index in [4.69, 9.17) is 16.3 Å². The molecule has 0 bridgehead atoms. The van der Waals surface area contributed by atoms with Gasteiger partial charge in [0.1, 0.15) is 0 Å². The van der Waals surface area contributed by atoms with Crippen LogP contribution in [0.4, 0.5) is 5.69 Å². The minimum atomic E-state index is 0.633. The SMILES string of the molecule is COCc1ccc(CNc2ccncc2Cl)cc1. The van der Waals surface area contributed by atoms with Crippen LogP contribution >= 0.6 is 11.6 Å². The molecule has 0 radical (unpaired) electrons. The van der Waals surface area contributed by atoms with Crippen LogP contribution in [0, 0.1) is 0 Å². The normalized spacial score (nSPS) is 10.3. The molecule has 18 heavy (non-hydrogen) atoms. The molecular formula is C14H15ClN2O. The standard InChI is InChI=1S/C14H15ClN2O/c1-18-10-12-4-2-11(3-5-12)8-17-14-6-7-16-9-13(14)15/h2-7,9H,8,10H2,1H3,(H,16,17). The second-order valence-electron chi connectivity index (χ2n) is 3.96. The van der Waals surface area contributed by atoms with Crippen LogP contribution in [0.25, 0.3) is 0 Å². The smallest absolute Gasteiger partial charge is 0.0820 e. The molecule has 1 N–H and O–H groups in total. The van der Waals surface area contributed by atoms with Gasteiger partial charge in [-0.3, -0.25) is 4.98 Å². The molecule has 0 atom stereocenters. The highest BCUT2D eigenvalue weighted by atomic mass is 35.5. The fourth-order valence-corrected chi connectivity index (χ4v) is 1.82. The average Bonchev–Trinajstić information content (AvgIpc) is 2.40. The number of ether oxygens (including phenoxy) is 1. The van der Waals surface area contributed by atoms with Gasteiger partial charge < -0.3 is 10.1 Å². The van der Waals surface area contributed by atoms with Crippen molar-refractivity contribution in [3.63, 3.8) is 0 Å². The summed E-state index contributed by atoms with van der Waals surface area (Å²) in [5, 5.41) is 3.91. The Morgan fingerprint density at radius 3 is 2.56 bits per heavy atom. The van der Waals surface area contributed by atoms with Gasteiger partial charge in [-0.2, -0.15) is 0 Å². The topological polar surface area (TPSA) is 34.1 Å². The summed E-state index contributed by atoms with van der Waals surface area (Å²) in [6.07, 6.45) is 3.35. The third-order valence-corrected chi connectivity index (χ3v) is 2.89. The number of methoxy groups -OCH3 is 1. The van der Waals surface area contributed by atoms with Crippen molar-refractivity contribution in [1.82, 2.24) is 4.98 Å². The highest BCUT2D eigenvalue weighted by molar-refractivity contribution is 6.33. The number of nitrogens with one attached hydrogen (secondary N) is 1. The molecule has 1 aromatic heterocycles. The van der Waals surface area contributed by atoms with Gasteiger partial charge in [0.25, 0.3) is 0 Å². The maximum atomic E-state index is 6.02. The van der Waals surface area contributed by atoms with Gasteiger partial charge >= 0.3 is 0 Å². The summed E-state index contributed by atoms with van der Waals surface area (Å²) in [5.74, 6) is 0. The van der Waals surface area contributed by atoms with Crippen LogP contribution in [0.2, 0.25) is 5.02 Å². The Morgan fingerprint density at radius 1 is 1.17 bits per heavy atom. The van der Waals surface area contributed by atoms with E-state index in [9.17, 15) is 0 Å². The molecule has 4 heteroatoms. The van der Waals surface area contributed by atoms with E-state index >= 15 is 0 Å². The maximum Gasteiger partial charge on any atom is 0.0820 e. The Morgan fingerprint density at radius 2 is 1.89 bits per heavy atom. The molecule has 0 fully saturated rings. The van der Waals surface area contributed by atoms with Crippen molar-refractivity contribution in [2.24, 2.45) is 0 Å². The van der Waals surface area contributed by atoms with Crippen molar-refractivity contribution in [2.75, 3.05) is 12.4 Å². The second-order valence-corrected chi connectivity index (χ2v) is 4.37. The average molecular weight is 263 g/mol. The fraction of sp³-hybridized carbons (Fsp3) is 0.214. The van der Waals surface area contributed by atoms with Gasteiger partial charge in [-0.05, 0) is 17.2 Å². The summed E-state index contributed by atoms with van der Waals surface area (Å²) in [4.78, 5) is 3.95. The Bertz CT molecular complexity index is 499. The molecule has 0 aliphatic carbocycles. The first-order valence-electron chi connectivity index (χ1n) is 5.70. The summed E-state index contributed by atoms with van der Waals surface area (Å²) in [5.41, 5.74) is 3.26. The predicted molar refractivity (Wildman–Crippen MR) is 73.7 cm³/mol. The fourth-order valence-electron chi connectivity index (χ4n) is 1.64. The van der Waals surface area contributed by atoms with E-state index in [-0.39, 0.29) is 0 Å². The zero-order valence-electron chi connectivity index (χ0n) is 10.2. The molecule has 0 aliphatic rings. The number of halogens is 1. The molecule has 2 aromatic rings. The first-order chi connectivity index (χ1) is 8.79. The summed E-state index contributed by atoms with van der Waals surface area (Å²) >= 11 is 6.02. The lowest BCUT2D eigenvalue weighted by Crippen LogP contribution is -2.00. The van der Waals surface area contributed by atoms with Gasteiger partial charge in [-0.1, -0.05) is 35.9 Å². The molecule has 0 aliphatic heterocycles. The van der Waals surface area contributed by atoms with E-state index in [0.29, 0.717) is 11.6 Å². The Kier molecular flexibility index (Phi) is 4.56. The quantitative estimate of drug-likeness (QED) is 0.896. The Hall–Kier alpha value is -1.58. The summed E-state index contributed by atoms with van der Waals surface area (Å²) in [6, 6.07) is 10.2. The lowest BCUT2D eigenvalue weighted by molar-refractivity contribution is 0.185. The molecule has 2 rings (SSSR count). The van der Waals surface area contributed by atoms with Crippen LogP contribution in [0.15, 0.2) is 42.7 Å². The minimum absolute atomic E-state index is 0.633. The molecule has 3 nitrogen and oxygen atoms in total. The van der Waals surface area contributed by atoms with E-state index in [1.807, 2.05) is 6.07 Å². The first-order valence-corrected chi connectivity index (χ1v) is 6.07. The van der Waals surface area contributed by atoms with Crippen LogP contribution < -0.4 is 5.32 Å². The van der Waals surface area contributed by atoms with Gasteiger partial charge in [0.15, 0.2) is 0 Å². The largest absolute Gasteiger partial charge is 0.380 e. The lowest BCUT2D eigenvalue weighted by atomic mass is 10.1. The second kappa shape index (κ2) is 6.38. The van der Waals surface area contributed by atoms with Gasteiger partial charge in [-0.15, -0.1) is 0 Å². The molecule has 1 aromatic carbocycles. The molecule has 0 amide bonds.